The van der Waals surface area contributed by atoms with Gasteiger partial charge in [-0.2, -0.15) is 0 Å². The zero-order valence-electron chi connectivity index (χ0n) is 6.26. The van der Waals surface area contributed by atoms with Crippen molar-refractivity contribution in [1.29, 1.82) is 0 Å². The summed E-state index contributed by atoms with van der Waals surface area (Å²) >= 11 is 0. The number of rotatable bonds is 0. The molecule has 0 bridgehead atoms. The van der Waals surface area contributed by atoms with E-state index in [0.717, 1.165) is 11.7 Å². The van der Waals surface area contributed by atoms with Crippen LogP contribution >= 0.6 is 0 Å². The highest BCUT2D eigenvalue weighted by Crippen LogP contribution is 2.00. The van der Waals surface area contributed by atoms with Crippen LogP contribution in [0.3, 0.4) is 0 Å². The van der Waals surface area contributed by atoms with E-state index in [2.05, 4.69) is 16.9 Å². The molecule has 1 aliphatic heterocycles. The fraction of sp³-hybridized carbons (Fsp3) is 0.286. The van der Waals surface area contributed by atoms with E-state index in [1.807, 2.05) is 24.2 Å². The fourth-order valence-corrected chi connectivity index (χ4v) is 0.680. The van der Waals surface area contributed by atoms with E-state index in [4.69, 9.17) is 0 Å². The van der Waals surface area contributed by atoms with E-state index < -0.39 is 0 Å². The quantitative estimate of drug-likeness (QED) is 0.527. The first kappa shape index (κ1) is 6.86. The molecule has 0 saturated carbocycles. The van der Waals surface area contributed by atoms with Gasteiger partial charge in [0.2, 0.25) is 0 Å². The van der Waals surface area contributed by atoms with Gasteiger partial charge in [-0.1, -0.05) is 6.58 Å². The molecule has 10 heavy (non-hydrogen) atoms. The molecule has 1 aliphatic rings. The van der Waals surface area contributed by atoms with Gasteiger partial charge in [-0.25, -0.2) is 0 Å². The number of aliphatic imine (C=N–C) groups is 1. The van der Waals surface area contributed by atoms with Gasteiger partial charge in [0.15, 0.2) is 0 Å². The maximum absolute atomic E-state index is 3.96. The third kappa shape index (κ3) is 1.18. The van der Waals surface area contributed by atoms with Gasteiger partial charge in [0, 0.05) is 20.3 Å². The lowest BCUT2D eigenvalue weighted by Gasteiger charge is -2.22. The molecule has 1 heterocycles. The summed E-state index contributed by atoms with van der Waals surface area (Å²) in [6.07, 6.45) is 3.82. The lowest BCUT2D eigenvalue weighted by atomic mass is 10.4. The van der Waals surface area contributed by atoms with Gasteiger partial charge in [0.1, 0.15) is 11.7 Å². The fourth-order valence-electron chi connectivity index (χ4n) is 0.680. The molecule has 0 aromatic rings. The molecule has 0 saturated heterocycles. The summed E-state index contributed by atoms with van der Waals surface area (Å²) in [7, 11) is 3.67. The molecule has 0 radical (unpaired) electrons. The zero-order valence-corrected chi connectivity index (χ0v) is 6.26. The summed E-state index contributed by atoms with van der Waals surface area (Å²) in [6.45, 7) is 3.78. The molecule has 0 aromatic carbocycles. The topological polar surface area (TPSA) is 27.6 Å². The number of nitrogens with zero attached hydrogens (tertiary/aromatic N) is 2. The molecule has 0 aliphatic carbocycles. The number of hydrogen-bond donors (Lipinski definition) is 1. The number of nitrogens with one attached hydrogen (secondary N) is 1. The summed E-state index contributed by atoms with van der Waals surface area (Å²) in [6, 6.07) is 0. The smallest absolute Gasteiger partial charge is 0.127 e. The Morgan fingerprint density at radius 3 is 2.90 bits per heavy atom. The second kappa shape index (κ2) is 2.56. The minimum Gasteiger partial charge on any atom is -0.338 e. The lowest BCUT2D eigenvalue weighted by Crippen LogP contribution is -2.32. The predicted octanol–water partition coefficient (Wildman–Crippen LogP) is 0.535. The second-order valence-corrected chi connectivity index (χ2v) is 2.11. The van der Waals surface area contributed by atoms with Gasteiger partial charge in [0.25, 0.3) is 0 Å². The maximum atomic E-state index is 3.96. The molecule has 0 aromatic heterocycles. The normalized spacial score (nSPS) is 21.6. The van der Waals surface area contributed by atoms with Crippen molar-refractivity contribution in [3.05, 3.63) is 24.7 Å². The summed E-state index contributed by atoms with van der Waals surface area (Å²) < 4.78 is 0. The molecule has 3 nitrogen and oxygen atoms in total. The van der Waals surface area contributed by atoms with E-state index in [1.54, 1.807) is 7.05 Å². The molecule has 3 heteroatoms. The molecule has 0 fully saturated rings. The van der Waals surface area contributed by atoms with Gasteiger partial charge in [0.05, 0.1) is 0 Å². The molecule has 1 rings (SSSR count). The lowest BCUT2D eigenvalue weighted by molar-refractivity contribution is 0.535. The van der Waals surface area contributed by atoms with Crippen LogP contribution in [0.15, 0.2) is 29.7 Å². The van der Waals surface area contributed by atoms with E-state index >= 15 is 0 Å². The van der Waals surface area contributed by atoms with Crippen LogP contribution in [0.5, 0.6) is 0 Å². The van der Waals surface area contributed by atoms with Crippen LogP contribution in [-0.4, -0.2) is 24.8 Å². The van der Waals surface area contributed by atoms with Crippen molar-refractivity contribution in [3.63, 3.8) is 0 Å². The van der Waals surface area contributed by atoms with E-state index in [-0.39, 0.29) is 0 Å². The van der Waals surface area contributed by atoms with Crippen molar-refractivity contribution in [1.82, 2.24) is 10.2 Å². The average Bonchev–Trinajstić information content (AvgIpc) is 1.95. The Hall–Kier alpha value is -1.25. The van der Waals surface area contributed by atoms with Crippen LogP contribution in [-0.2, 0) is 0 Å². The van der Waals surface area contributed by atoms with E-state index in [9.17, 15) is 0 Å². The second-order valence-electron chi connectivity index (χ2n) is 2.11. The Bertz CT molecular complexity index is 203. The van der Waals surface area contributed by atoms with Crippen molar-refractivity contribution in [2.45, 2.75) is 0 Å². The van der Waals surface area contributed by atoms with Crippen molar-refractivity contribution < 1.29 is 0 Å². The third-order valence-corrected chi connectivity index (χ3v) is 1.40. The molecule has 0 spiro atoms. The number of amidine groups is 1. The summed E-state index contributed by atoms with van der Waals surface area (Å²) in [5.74, 6) is 1.70. The third-order valence-electron chi connectivity index (χ3n) is 1.40. The van der Waals surface area contributed by atoms with Crippen LogP contribution in [0.4, 0.5) is 0 Å². The highest BCUT2D eigenvalue weighted by molar-refractivity contribution is 5.94. The van der Waals surface area contributed by atoms with Crippen molar-refractivity contribution >= 4 is 5.84 Å². The monoisotopic (exact) mass is 137 g/mol. The van der Waals surface area contributed by atoms with Crippen LogP contribution < -0.4 is 5.32 Å². The molecular formula is C7H11N3. The Labute approximate surface area is 60.7 Å². The SMILES string of the molecule is C=C1NC(=NC)C=CN1C. The van der Waals surface area contributed by atoms with Gasteiger partial charge < -0.3 is 10.2 Å². The van der Waals surface area contributed by atoms with E-state index in [1.165, 1.54) is 0 Å². The molecule has 0 atom stereocenters. The van der Waals surface area contributed by atoms with Crippen LogP contribution in [0.2, 0.25) is 0 Å². The predicted molar refractivity (Wildman–Crippen MR) is 42.5 cm³/mol. The summed E-state index contributed by atoms with van der Waals surface area (Å²) in [5, 5.41) is 3.01. The first-order valence-corrected chi connectivity index (χ1v) is 3.08. The average molecular weight is 137 g/mol. The Morgan fingerprint density at radius 1 is 1.70 bits per heavy atom. The Morgan fingerprint density at radius 2 is 2.40 bits per heavy atom. The maximum Gasteiger partial charge on any atom is 0.127 e. The minimum absolute atomic E-state index is 0.850. The van der Waals surface area contributed by atoms with Gasteiger partial charge in [-0.15, -0.1) is 0 Å². The van der Waals surface area contributed by atoms with Crippen LogP contribution in [0, 0.1) is 0 Å². The molecular weight excluding hydrogens is 126 g/mol. The van der Waals surface area contributed by atoms with Gasteiger partial charge in [-0.3, -0.25) is 4.99 Å². The Balaban J connectivity index is 2.78. The zero-order chi connectivity index (χ0) is 7.56. The highest BCUT2D eigenvalue weighted by Gasteiger charge is 2.04. The standard InChI is InChI=1S/C7H11N3/c1-6-9-7(8-2)4-5-10(6)3/h4-5H,1H2,2-3H3,(H,8,9). The van der Waals surface area contributed by atoms with Crippen molar-refractivity contribution in [3.8, 4) is 0 Å². The van der Waals surface area contributed by atoms with Crippen molar-refractivity contribution in [2.24, 2.45) is 4.99 Å². The number of hydrogen-bond acceptors (Lipinski definition) is 2. The van der Waals surface area contributed by atoms with Gasteiger partial charge in [-0.05, 0) is 6.08 Å². The summed E-state index contributed by atoms with van der Waals surface area (Å²) in [5.41, 5.74) is 0. The van der Waals surface area contributed by atoms with Crippen LogP contribution in [0.1, 0.15) is 0 Å². The first-order valence-electron chi connectivity index (χ1n) is 3.08. The first-order chi connectivity index (χ1) is 4.74. The largest absolute Gasteiger partial charge is 0.338 e. The minimum atomic E-state index is 0.850. The van der Waals surface area contributed by atoms with Gasteiger partial charge >= 0.3 is 0 Å². The van der Waals surface area contributed by atoms with E-state index in [0.29, 0.717) is 0 Å². The molecule has 0 unspecified atom stereocenters. The Kier molecular flexibility index (Phi) is 1.76. The highest BCUT2D eigenvalue weighted by atomic mass is 15.2. The van der Waals surface area contributed by atoms with Crippen LogP contribution in [0.25, 0.3) is 0 Å². The van der Waals surface area contributed by atoms with Crippen molar-refractivity contribution in [2.75, 3.05) is 14.1 Å². The molecule has 0 amide bonds. The summed E-state index contributed by atoms with van der Waals surface area (Å²) in [4.78, 5) is 5.86. The molecule has 1 N–H and O–H groups in total. The molecule has 54 valence electrons.